The molecule has 1 saturated heterocycles. The van der Waals surface area contributed by atoms with Crippen molar-refractivity contribution in [3.05, 3.63) is 107 Å². The molecule has 0 aromatic heterocycles. The Hall–Kier alpha value is -3.92. The topological polar surface area (TPSA) is 99.2 Å². The highest BCUT2D eigenvalue weighted by atomic mass is 35.5. The van der Waals surface area contributed by atoms with Gasteiger partial charge in [0.25, 0.3) is 15.9 Å². The molecule has 206 valence electrons. The largest absolute Gasteiger partial charge is 0.506 e. The summed E-state index contributed by atoms with van der Waals surface area (Å²) in [6, 6.07) is 24.3. The number of piperazine rings is 1. The molecule has 0 bridgehead atoms. The first-order chi connectivity index (χ1) is 19.2. The first-order valence-electron chi connectivity index (χ1n) is 12.4. The standard InChI is InChI=1S/C29H25Cl2N3O5S/c30-20-9-14-25(23(19-20)29(36)34-17-15-33(16-18-34)26-6-2-3-7-27(26)35)32-40(37,38)22-12-10-21(11-13-22)39-28-8-4-1-5-24(28)31/h1-14,19,32,35H,15-18H2. The summed E-state index contributed by atoms with van der Waals surface area (Å²) >= 11 is 12.3. The van der Waals surface area contributed by atoms with Gasteiger partial charge in [0.15, 0.2) is 0 Å². The van der Waals surface area contributed by atoms with E-state index in [1.807, 2.05) is 17.0 Å². The average molecular weight is 599 g/mol. The predicted molar refractivity (Wildman–Crippen MR) is 156 cm³/mol. The average Bonchev–Trinajstić information content (AvgIpc) is 2.95. The third-order valence-corrected chi connectivity index (χ3v) is 8.37. The number of sulfonamides is 1. The molecule has 1 aliphatic rings. The lowest BCUT2D eigenvalue weighted by molar-refractivity contribution is 0.0748. The number of hydrogen-bond donors (Lipinski definition) is 2. The molecule has 1 amide bonds. The molecule has 1 heterocycles. The Labute approximate surface area is 242 Å². The van der Waals surface area contributed by atoms with Crippen molar-refractivity contribution < 1.29 is 23.1 Å². The summed E-state index contributed by atoms with van der Waals surface area (Å²) in [5.41, 5.74) is 0.966. The maximum atomic E-state index is 13.5. The molecule has 40 heavy (non-hydrogen) atoms. The molecule has 0 atom stereocenters. The molecule has 0 radical (unpaired) electrons. The SMILES string of the molecule is O=C(c1cc(Cl)ccc1NS(=O)(=O)c1ccc(Oc2ccccc2Cl)cc1)N1CCN(c2ccccc2O)CC1. The number of nitrogens with zero attached hydrogens (tertiary/aromatic N) is 2. The van der Waals surface area contributed by atoms with Gasteiger partial charge in [0.2, 0.25) is 0 Å². The number of anilines is 2. The van der Waals surface area contributed by atoms with Gasteiger partial charge < -0.3 is 19.6 Å². The number of phenolic OH excluding ortho intramolecular Hbond substituents is 1. The van der Waals surface area contributed by atoms with Crippen LogP contribution in [0, 0.1) is 0 Å². The number of carbonyl (C=O) groups excluding carboxylic acids is 1. The van der Waals surface area contributed by atoms with E-state index in [4.69, 9.17) is 27.9 Å². The number of benzene rings is 4. The third kappa shape index (κ3) is 6.12. The van der Waals surface area contributed by atoms with Gasteiger partial charge in [-0.2, -0.15) is 0 Å². The van der Waals surface area contributed by atoms with Crippen LogP contribution in [0.3, 0.4) is 0 Å². The highest BCUT2D eigenvalue weighted by molar-refractivity contribution is 7.92. The van der Waals surface area contributed by atoms with Crippen molar-refractivity contribution >= 4 is 50.5 Å². The Balaban J connectivity index is 1.30. The molecule has 4 aromatic carbocycles. The smallest absolute Gasteiger partial charge is 0.261 e. The van der Waals surface area contributed by atoms with Crippen LogP contribution >= 0.6 is 23.2 Å². The number of nitrogens with one attached hydrogen (secondary N) is 1. The molecule has 2 N–H and O–H groups in total. The zero-order valence-electron chi connectivity index (χ0n) is 21.1. The summed E-state index contributed by atoms with van der Waals surface area (Å²) in [5.74, 6) is 0.693. The molecule has 11 heteroatoms. The Morgan fingerprint density at radius 2 is 1.52 bits per heavy atom. The van der Waals surface area contributed by atoms with Gasteiger partial charge in [-0.25, -0.2) is 8.42 Å². The zero-order chi connectivity index (χ0) is 28.3. The van der Waals surface area contributed by atoms with E-state index in [0.29, 0.717) is 53.4 Å². The Morgan fingerprint density at radius 1 is 0.850 bits per heavy atom. The van der Waals surface area contributed by atoms with Crippen molar-refractivity contribution in [1.82, 2.24) is 4.90 Å². The molecular formula is C29H25Cl2N3O5S. The van der Waals surface area contributed by atoms with E-state index < -0.39 is 10.0 Å². The predicted octanol–water partition coefficient (Wildman–Crippen LogP) is 6.25. The first kappa shape index (κ1) is 27.6. The summed E-state index contributed by atoms with van der Waals surface area (Å²) in [6.07, 6.45) is 0. The summed E-state index contributed by atoms with van der Waals surface area (Å²) in [6.45, 7) is 1.79. The Bertz CT molecular complexity index is 1640. The molecule has 1 fully saturated rings. The van der Waals surface area contributed by atoms with Crippen LogP contribution in [0.4, 0.5) is 11.4 Å². The minimum Gasteiger partial charge on any atom is -0.506 e. The fourth-order valence-electron chi connectivity index (χ4n) is 4.38. The second-order valence-corrected chi connectivity index (χ2v) is 11.6. The molecule has 8 nitrogen and oxygen atoms in total. The lowest BCUT2D eigenvalue weighted by atomic mass is 10.1. The second kappa shape index (κ2) is 11.7. The molecule has 0 saturated carbocycles. The maximum Gasteiger partial charge on any atom is 0.261 e. The fourth-order valence-corrected chi connectivity index (χ4v) is 5.81. The second-order valence-electron chi connectivity index (χ2n) is 9.07. The van der Waals surface area contributed by atoms with Gasteiger partial charge >= 0.3 is 0 Å². The van der Waals surface area contributed by atoms with Crippen molar-refractivity contribution in [1.29, 1.82) is 0 Å². The third-order valence-electron chi connectivity index (χ3n) is 6.44. The van der Waals surface area contributed by atoms with Gasteiger partial charge in [-0.3, -0.25) is 9.52 Å². The van der Waals surface area contributed by atoms with Gasteiger partial charge in [0.1, 0.15) is 17.2 Å². The number of ether oxygens (including phenoxy) is 1. The Kier molecular flexibility index (Phi) is 8.07. The quantitative estimate of drug-likeness (QED) is 0.261. The summed E-state index contributed by atoms with van der Waals surface area (Å²) in [5, 5.41) is 10.9. The van der Waals surface area contributed by atoms with Gasteiger partial charge in [-0.15, -0.1) is 0 Å². The van der Waals surface area contributed by atoms with E-state index >= 15 is 0 Å². The van der Waals surface area contributed by atoms with Crippen LogP contribution in [0.25, 0.3) is 0 Å². The number of amides is 1. The van der Waals surface area contributed by atoms with Crippen molar-refractivity contribution in [3.8, 4) is 17.2 Å². The summed E-state index contributed by atoms with van der Waals surface area (Å²) in [4.78, 5) is 17.1. The monoisotopic (exact) mass is 597 g/mol. The van der Waals surface area contributed by atoms with Gasteiger partial charge in [-0.05, 0) is 66.7 Å². The van der Waals surface area contributed by atoms with Gasteiger partial charge in [0, 0.05) is 31.2 Å². The number of rotatable bonds is 7. The minimum absolute atomic E-state index is 0.0105. The van der Waals surface area contributed by atoms with E-state index in [9.17, 15) is 18.3 Å². The van der Waals surface area contributed by atoms with Crippen LogP contribution in [0.5, 0.6) is 17.2 Å². The molecule has 0 spiro atoms. The lowest BCUT2D eigenvalue weighted by Gasteiger charge is -2.36. The van der Waals surface area contributed by atoms with Crippen LogP contribution in [0.1, 0.15) is 10.4 Å². The molecule has 4 aromatic rings. The van der Waals surface area contributed by atoms with E-state index in [1.54, 1.807) is 41.3 Å². The van der Waals surface area contributed by atoms with Crippen molar-refractivity contribution in [2.24, 2.45) is 0 Å². The molecule has 1 aliphatic heterocycles. The number of phenols is 1. The fraction of sp³-hybridized carbons (Fsp3) is 0.138. The maximum absolute atomic E-state index is 13.5. The zero-order valence-corrected chi connectivity index (χ0v) is 23.5. The first-order valence-corrected chi connectivity index (χ1v) is 14.6. The summed E-state index contributed by atoms with van der Waals surface area (Å²) in [7, 11) is -4.04. The highest BCUT2D eigenvalue weighted by Crippen LogP contribution is 2.31. The van der Waals surface area contributed by atoms with E-state index in [1.165, 1.54) is 42.5 Å². The number of hydrogen-bond acceptors (Lipinski definition) is 6. The normalized spacial score (nSPS) is 13.7. The van der Waals surface area contributed by atoms with Crippen LogP contribution in [-0.2, 0) is 10.0 Å². The van der Waals surface area contributed by atoms with Crippen molar-refractivity contribution in [3.63, 3.8) is 0 Å². The molecule has 0 unspecified atom stereocenters. The van der Waals surface area contributed by atoms with Crippen LogP contribution in [0.15, 0.2) is 95.9 Å². The van der Waals surface area contributed by atoms with Crippen molar-refractivity contribution in [2.45, 2.75) is 4.90 Å². The van der Waals surface area contributed by atoms with Crippen molar-refractivity contribution in [2.75, 3.05) is 35.8 Å². The lowest BCUT2D eigenvalue weighted by Crippen LogP contribution is -2.49. The van der Waals surface area contributed by atoms with Crippen LogP contribution in [0.2, 0.25) is 10.0 Å². The number of para-hydroxylation sites is 3. The number of carbonyl (C=O) groups is 1. The van der Waals surface area contributed by atoms with E-state index in [2.05, 4.69) is 4.72 Å². The summed E-state index contributed by atoms with van der Waals surface area (Å²) < 4.78 is 34.7. The molecular weight excluding hydrogens is 573 g/mol. The van der Waals surface area contributed by atoms with Crippen LogP contribution < -0.4 is 14.4 Å². The minimum atomic E-state index is -4.04. The van der Waals surface area contributed by atoms with E-state index in [-0.39, 0.29) is 27.8 Å². The number of halogens is 2. The van der Waals surface area contributed by atoms with Crippen LogP contribution in [-0.4, -0.2) is 50.5 Å². The number of aromatic hydroxyl groups is 1. The van der Waals surface area contributed by atoms with Gasteiger partial charge in [-0.1, -0.05) is 47.5 Å². The molecule has 5 rings (SSSR count). The van der Waals surface area contributed by atoms with Gasteiger partial charge in [0.05, 0.1) is 26.9 Å². The Morgan fingerprint density at radius 3 is 2.23 bits per heavy atom. The molecule has 0 aliphatic carbocycles. The highest BCUT2D eigenvalue weighted by Gasteiger charge is 2.27. The van der Waals surface area contributed by atoms with E-state index in [0.717, 1.165) is 0 Å².